The number of benzene rings is 2. The molecule has 2 heterocycles. The van der Waals surface area contributed by atoms with Gasteiger partial charge in [0.05, 0.1) is 5.92 Å². The van der Waals surface area contributed by atoms with Gasteiger partial charge in [0.2, 0.25) is 18.6 Å². The fraction of sp³-hybridized carbons (Fsp3) is 0.263. The van der Waals surface area contributed by atoms with Crippen LogP contribution in [0, 0.1) is 11.7 Å². The lowest BCUT2D eigenvalue weighted by Crippen LogP contribution is -2.28. The van der Waals surface area contributed by atoms with Crippen LogP contribution in [0.2, 0.25) is 0 Å². The molecule has 134 valence electrons. The van der Waals surface area contributed by atoms with Crippen molar-refractivity contribution in [2.75, 3.05) is 18.7 Å². The van der Waals surface area contributed by atoms with Crippen LogP contribution in [0.15, 0.2) is 42.5 Å². The van der Waals surface area contributed by atoms with Gasteiger partial charge in [-0.25, -0.2) is 4.39 Å². The van der Waals surface area contributed by atoms with E-state index in [1.807, 2.05) is 18.2 Å². The van der Waals surface area contributed by atoms with Gasteiger partial charge in [-0.2, -0.15) is 0 Å². The molecular formula is C19H17FN2O4. The molecule has 0 aromatic heterocycles. The summed E-state index contributed by atoms with van der Waals surface area (Å²) in [5.41, 5.74) is 1.30. The minimum atomic E-state index is -0.459. The molecule has 0 aliphatic carbocycles. The minimum Gasteiger partial charge on any atom is -0.454 e. The summed E-state index contributed by atoms with van der Waals surface area (Å²) < 4.78 is 23.8. The van der Waals surface area contributed by atoms with Gasteiger partial charge in [0.1, 0.15) is 5.82 Å². The summed E-state index contributed by atoms with van der Waals surface area (Å²) in [6.07, 6.45) is 0.145. The second-order valence-corrected chi connectivity index (χ2v) is 6.36. The highest BCUT2D eigenvalue weighted by atomic mass is 19.1. The van der Waals surface area contributed by atoms with E-state index in [1.54, 1.807) is 11.0 Å². The van der Waals surface area contributed by atoms with Crippen LogP contribution in [0.5, 0.6) is 11.5 Å². The van der Waals surface area contributed by atoms with E-state index in [2.05, 4.69) is 5.32 Å². The molecule has 7 heteroatoms. The molecule has 6 nitrogen and oxygen atoms in total. The number of likely N-dealkylation sites (tertiary alicyclic amines) is 1. The lowest BCUT2D eigenvalue weighted by atomic mass is 10.1. The van der Waals surface area contributed by atoms with Crippen molar-refractivity contribution in [1.29, 1.82) is 0 Å². The average Bonchev–Trinajstić information content (AvgIpc) is 3.21. The number of carbonyl (C=O) groups excluding carboxylic acids is 2. The van der Waals surface area contributed by atoms with Crippen molar-refractivity contribution in [3.63, 3.8) is 0 Å². The number of carbonyl (C=O) groups is 2. The monoisotopic (exact) mass is 356 g/mol. The number of ether oxygens (including phenoxy) is 2. The predicted molar refractivity (Wildman–Crippen MR) is 91.1 cm³/mol. The molecule has 2 aromatic rings. The first-order valence-electron chi connectivity index (χ1n) is 8.31. The number of hydrogen-bond acceptors (Lipinski definition) is 4. The maximum atomic E-state index is 13.2. The number of nitrogens with one attached hydrogen (secondary N) is 1. The number of rotatable bonds is 4. The van der Waals surface area contributed by atoms with Crippen LogP contribution in [0.3, 0.4) is 0 Å². The second-order valence-electron chi connectivity index (χ2n) is 6.36. The van der Waals surface area contributed by atoms with Gasteiger partial charge in [0.15, 0.2) is 11.5 Å². The van der Waals surface area contributed by atoms with E-state index in [0.29, 0.717) is 30.3 Å². The first kappa shape index (κ1) is 16.4. The van der Waals surface area contributed by atoms with Crippen LogP contribution < -0.4 is 14.8 Å². The van der Waals surface area contributed by atoms with E-state index in [9.17, 15) is 14.0 Å². The molecule has 1 fully saturated rings. The lowest BCUT2D eigenvalue weighted by Gasteiger charge is -2.17. The highest BCUT2D eigenvalue weighted by Crippen LogP contribution is 2.33. The van der Waals surface area contributed by atoms with E-state index in [4.69, 9.17) is 9.47 Å². The summed E-state index contributed by atoms with van der Waals surface area (Å²) in [5.74, 6) is 0.108. The van der Waals surface area contributed by atoms with Crippen molar-refractivity contribution >= 4 is 17.5 Å². The second kappa shape index (κ2) is 6.67. The fourth-order valence-electron chi connectivity index (χ4n) is 3.17. The Morgan fingerprint density at radius 3 is 2.88 bits per heavy atom. The van der Waals surface area contributed by atoms with Gasteiger partial charge < -0.3 is 19.7 Å². The van der Waals surface area contributed by atoms with E-state index in [1.165, 1.54) is 18.2 Å². The summed E-state index contributed by atoms with van der Waals surface area (Å²) >= 11 is 0. The molecule has 0 spiro atoms. The molecule has 0 saturated carbocycles. The minimum absolute atomic E-state index is 0.0814. The van der Waals surface area contributed by atoms with E-state index in [-0.39, 0.29) is 25.0 Å². The van der Waals surface area contributed by atoms with Crippen LogP contribution in [-0.4, -0.2) is 30.1 Å². The summed E-state index contributed by atoms with van der Waals surface area (Å²) in [6.45, 7) is 0.928. The van der Waals surface area contributed by atoms with E-state index < -0.39 is 11.7 Å². The summed E-state index contributed by atoms with van der Waals surface area (Å²) in [6, 6.07) is 11.2. The third-order valence-corrected chi connectivity index (χ3v) is 4.49. The van der Waals surface area contributed by atoms with Crippen LogP contribution >= 0.6 is 0 Å². The van der Waals surface area contributed by atoms with Gasteiger partial charge in [0, 0.05) is 25.2 Å². The topological polar surface area (TPSA) is 67.9 Å². The Kier molecular flexibility index (Phi) is 4.20. The Hall–Kier alpha value is -3.09. The summed E-state index contributed by atoms with van der Waals surface area (Å²) in [4.78, 5) is 26.3. The SMILES string of the molecule is O=C(Nc1cccc(F)c1)C1CC(=O)N(Cc2ccc3c(c2)OCO3)C1. The lowest BCUT2D eigenvalue weighted by molar-refractivity contribution is -0.128. The number of nitrogens with zero attached hydrogens (tertiary/aromatic N) is 1. The highest BCUT2D eigenvalue weighted by Gasteiger charge is 2.34. The smallest absolute Gasteiger partial charge is 0.231 e. The van der Waals surface area contributed by atoms with Gasteiger partial charge >= 0.3 is 0 Å². The molecule has 1 saturated heterocycles. The predicted octanol–water partition coefficient (Wildman–Crippen LogP) is 2.54. The molecule has 2 aliphatic heterocycles. The third kappa shape index (κ3) is 3.33. The molecule has 4 rings (SSSR count). The van der Waals surface area contributed by atoms with Gasteiger partial charge in [0.25, 0.3) is 0 Å². The zero-order valence-electron chi connectivity index (χ0n) is 13.9. The van der Waals surface area contributed by atoms with Crippen LogP contribution in [0.1, 0.15) is 12.0 Å². The number of fused-ring (bicyclic) bond motifs is 1. The molecule has 1 unspecified atom stereocenters. The van der Waals surface area contributed by atoms with Crippen LogP contribution in [0.4, 0.5) is 10.1 Å². The highest BCUT2D eigenvalue weighted by molar-refractivity contribution is 5.97. The molecule has 1 N–H and O–H groups in total. The quantitative estimate of drug-likeness (QED) is 0.914. The maximum absolute atomic E-state index is 13.2. The maximum Gasteiger partial charge on any atom is 0.231 e. The Balaban J connectivity index is 1.39. The van der Waals surface area contributed by atoms with Gasteiger partial charge in [-0.3, -0.25) is 9.59 Å². The van der Waals surface area contributed by atoms with Crippen molar-refractivity contribution in [3.8, 4) is 11.5 Å². The van der Waals surface area contributed by atoms with Crippen molar-refractivity contribution in [2.45, 2.75) is 13.0 Å². The van der Waals surface area contributed by atoms with Gasteiger partial charge in [-0.1, -0.05) is 12.1 Å². The Bertz CT molecular complexity index is 870. The largest absolute Gasteiger partial charge is 0.454 e. The molecule has 26 heavy (non-hydrogen) atoms. The molecule has 2 aliphatic rings. The standard InChI is InChI=1S/C19H17FN2O4/c20-14-2-1-3-15(8-14)21-19(24)13-7-18(23)22(10-13)9-12-4-5-16-17(6-12)26-11-25-16/h1-6,8,13H,7,9-11H2,(H,21,24). The van der Waals surface area contributed by atoms with Crippen molar-refractivity contribution in [2.24, 2.45) is 5.92 Å². The number of anilines is 1. The van der Waals surface area contributed by atoms with Gasteiger partial charge in [-0.15, -0.1) is 0 Å². The zero-order valence-corrected chi connectivity index (χ0v) is 13.9. The third-order valence-electron chi connectivity index (χ3n) is 4.49. The Labute approximate surface area is 149 Å². The molecule has 2 amide bonds. The van der Waals surface area contributed by atoms with Crippen LogP contribution in [0.25, 0.3) is 0 Å². The average molecular weight is 356 g/mol. The van der Waals surface area contributed by atoms with Crippen LogP contribution in [-0.2, 0) is 16.1 Å². The molecule has 0 bridgehead atoms. The first-order chi connectivity index (χ1) is 12.6. The van der Waals surface area contributed by atoms with E-state index >= 15 is 0 Å². The molecular weight excluding hydrogens is 339 g/mol. The number of amides is 2. The van der Waals surface area contributed by atoms with Gasteiger partial charge in [-0.05, 0) is 35.9 Å². The summed E-state index contributed by atoms with van der Waals surface area (Å²) in [7, 11) is 0. The fourth-order valence-corrected chi connectivity index (χ4v) is 3.17. The Morgan fingerprint density at radius 2 is 2.04 bits per heavy atom. The number of hydrogen-bond donors (Lipinski definition) is 1. The number of halogens is 1. The van der Waals surface area contributed by atoms with E-state index in [0.717, 1.165) is 5.56 Å². The van der Waals surface area contributed by atoms with Crippen molar-refractivity contribution < 1.29 is 23.5 Å². The zero-order chi connectivity index (χ0) is 18.1. The first-order valence-corrected chi connectivity index (χ1v) is 8.31. The molecule has 1 atom stereocenters. The van der Waals surface area contributed by atoms with Crippen molar-refractivity contribution in [1.82, 2.24) is 4.90 Å². The van der Waals surface area contributed by atoms with Crippen molar-refractivity contribution in [3.05, 3.63) is 53.8 Å². The molecule has 0 radical (unpaired) electrons. The summed E-state index contributed by atoms with van der Waals surface area (Å²) in [5, 5.41) is 2.67. The Morgan fingerprint density at radius 1 is 1.19 bits per heavy atom. The normalized spacial score (nSPS) is 18.3. The molecule has 2 aromatic carbocycles.